The van der Waals surface area contributed by atoms with E-state index >= 15 is 0 Å². The van der Waals surface area contributed by atoms with E-state index in [-0.39, 0.29) is 17.8 Å². The Morgan fingerprint density at radius 2 is 1.78 bits per heavy atom. The van der Waals surface area contributed by atoms with Crippen molar-refractivity contribution in [2.75, 3.05) is 26.1 Å². The number of carbonyl (C=O) groups is 3. The largest absolute Gasteiger partial charge is 0.468 e. The van der Waals surface area contributed by atoms with Gasteiger partial charge in [-0.3, -0.25) is 9.59 Å². The second kappa shape index (κ2) is 9.18. The van der Waals surface area contributed by atoms with Crippen LogP contribution in [0.3, 0.4) is 0 Å². The quantitative estimate of drug-likeness (QED) is 0.555. The van der Waals surface area contributed by atoms with Crippen LogP contribution in [0.25, 0.3) is 0 Å². The van der Waals surface area contributed by atoms with Crippen LogP contribution in [0.5, 0.6) is 0 Å². The lowest BCUT2D eigenvalue weighted by Gasteiger charge is -2.38. The Morgan fingerprint density at radius 1 is 1.16 bits per heavy atom. The lowest BCUT2D eigenvalue weighted by atomic mass is 9.69. The van der Waals surface area contributed by atoms with Crippen LogP contribution >= 0.6 is 0 Å². The minimum absolute atomic E-state index is 0.213. The number of anilines is 1. The third kappa shape index (κ3) is 4.29. The van der Waals surface area contributed by atoms with Crippen molar-refractivity contribution in [3.05, 3.63) is 52.4 Å². The molecule has 1 aliphatic carbocycles. The molecule has 7 heteroatoms. The standard InChI is InChI=1S/C25H32N2O5/c1-13(2)32-25(30)20-15(4)26-18-12-14(3)19(24(29)31-7)23(28)22(18)21(20)16-8-10-17(11-9-16)27(5)6/h8-11,13-14,19,21,26H,12H2,1-7H3/t14-,19+,21+/m0/s1. The van der Waals surface area contributed by atoms with Crippen molar-refractivity contribution in [2.45, 2.75) is 46.1 Å². The molecule has 0 fully saturated rings. The smallest absolute Gasteiger partial charge is 0.337 e. The molecule has 0 amide bonds. The summed E-state index contributed by atoms with van der Waals surface area (Å²) in [6, 6.07) is 7.74. The number of carbonyl (C=O) groups excluding carboxylic acids is 3. The van der Waals surface area contributed by atoms with E-state index in [2.05, 4.69) is 5.32 Å². The molecule has 32 heavy (non-hydrogen) atoms. The van der Waals surface area contributed by atoms with Crippen LogP contribution in [0.15, 0.2) is 46.8 Å². The summed E-state index contributed by atoms with van der Waals surface area (Å²) in [5, 5.41) is 3.27. The Balaban J connectivity index is 2.17. The monoisotopic (exact) mass is 440 g/mol. The Kier molecular flexibility index (Phi) is 6.77. The highest BCUT2D eigenvalue weighted by atomic mass is 16.5. The number of ether oxygens (including phenoxy) is 2. The normalized spacial score (nSPS) is 23.0. The number of benzene rings is 1. The first kappa shape index (κ1) is 23.6. The average molecular weight is 441 g/mol. The van der Waals surface area contributed by atoms with E-state index < -0.39 is 23.8 Å². The zero-order chi connectivity index (χ0) is 23.7. The molecule has 1 aliphatic heterocycles. The van der Waals surface area contributed by atoms with E-state index in [1.807, 2.05) is 57.1 Å². The number of nitrogens with zero attached hydrogens (tertiary/aromatic N) is 1. The number of allylic oxidation sites excluding steroid dienone is 3. The van der Waals surface area contributed by atoms with Crippen molar-refractivity contribution in [3.63, 3.8) is 0 Å². The second-order valence-electron chi connectivity index (χ2n) is 8.98. The first-order valence-corrected chi connectivity index (χ1v) is 10.9. The first-order valence-electron chi connectivity index (χ1n) is 10.9. The van der Waals surface area contributed by atoms with Crippen LogP contribution in [-0.2, 0) is 23.9 Å². The summed E-state index contributed by atoms with van der Waals surface area (Å²) in [5.74, 6) is -3.06. The van der Waals surface area contributed by atoms with Crippen molar-refractivity contribution in [1.82, 2.24) is 5.32 Å². The molecule has 0 saturated heterocycles. The summed E-state index contributed by atoms with van der Waals surface area (Å²) < 4.78 is 10.5. The van der Waals surface area contributed by atoms with Crippen molar-refractivity contribution in [2.24, 2.45) is 11.8 Å². The van der Waals surface area contributed by atoms with E-state index in [1.165, 1.54) is 7.11 Å². The summed E-state index contributed by atoms with van der Waals surface area (Å²) in [4.78, 5) is 41.2. The van der Waals surface area contributed by atoms with Gasteiger partial charge in [-0.1, -0.05) is 19.1 Å². The molecule has 1 N–H and O–H groups in total. The highest BCUT2D eigenvalue weighted by Gasteiger charge is 2.47. The Hall–Kier alpha value is -3.09. The Morgan fingerprint density at radius 3 is 2.31 bits per heavy atom. The van der Waals surface area contributed by atoms with Crippen molar-refractivity contribution < 1.29 is 23.9 Å². The van der Waals surface area contributed by atoms with Crippen molar-refractivity contribution in [1.29, 1.82) is 0 Å². The molecule has 1 aromatic carbocycles. The molecule has 3 atom stereocenters. The summed E-state index contributed by atoms with van der Waals surface area (Å²) in [5.41, 5.74) is 4.04. The minimum atomic E-state index is -0.898. The van der Waals surface area contributed by atoms with Gasteiger partial charge in [0.1, 0.15) is 5.92 Å². The highest BCUT2D eigenvalue weighted by Crippen LogP contribution is 2.45. The Labute approximate surface area is 189 Å². The number of rotatable bonds is 5. The predicted octanol–water partition coefficient (Wildman–Crippen LogP) is 3.32. The highest BCUT2D eigenvalue weighted by molar-refractivity contribution is 6.12. The maximum absolute atomic E-state index is 13.6. The molecule has 0 spiro atoms. The second-order valence-corrected chi connectivity index (χ2v) is 8.98. The van der Waals surface area contributed by atoms with Gasteiger partial charge in [0.15, 0.2) is 5.78 Å². The zero-order valence-electron chi connectivity index (χ0n) is 19.8. The number of Topliss-reactive ketones (excluding diaryl/α,β-unsaturated/α-hetero) is 1. The van der Waals surface area contributed by atoms with Gasteiger partial charge >= 0.3 is 11.9 Å². The number of hydrogen-bond donors (Lipinski definition) is 1. The summed E-state index contributed by atoms with van der Waals surface area (Å²) in [6.45, 7) is 7.27. The lowest BCUT2D eigenvalue weighted by molar-refractivity contribution is -0.151. The topological polar surface area (TPSA) is 84.9 Å². The first-order chi connectivity index (χ1) is 15.1. The van der Waals surface area contributed by atoms with E-state index in [0.29, 0.717) is 23.3 Å². The average Bonchev–Trinajstić information content (AvgIpc) is 2.71. The molecule has 7 nitrogen and oxygen atoms in total. The number of dihydropyridines is 1. The fourth-order valence-corrected chi connectivity index (χ4v) is 4.53. The molecule has 0 unspecified atom stereocenters. The van der Waals surface area contributed by atoms with E-state index in [9.17, 15) is 14.4 Å². The van der Waals surface area contributed by atoms with E-state index in [4.69, 9.17) is 9.47 Å². The van der Waals surface area contributed by atoms with Crippen LogP contribution in [0.1, 0.15) is 45.6 Å². The van der Waals surface area contributed by atoms with Gasteiger partial charge in [-0.25, -0.2) is 4.79 Å². The number of hydrogen-bond acceptors (Lipinski definition) is 7. The molecular formula is C25H32N2O5. The number of nitrogens with one attached hydrogen (secondary N) is 1. The predicted molar refractivity (Wildman–Crippen MR) is 122 cm³/mol. The fourth-order valence-electron chi connectivity index (χ4n) is 4.53. The van der Waals surface area contributed by atoms with Gasteiger partial charge in [-0.15, -0.1) is 0 Å². The number of esters is 2. The van der Waals surface area contributed by atoms with E-state index in [0.717, 1.165) is 16.9 Å². The van der Waals surface area contributed by atoms with Crippen LogP contribution in [0.2, 0.25) is 0 Å². The summed E-state index contributed by atoms with van der Waals surface area (Å²) >= 11 is 0. The number of ketones is 1. The molecule has 0 aromatic heterocycles. The van der Waals surface area contributed by atoms with Gasteiger partial charge in [0.25, 0.3) is 0 Å². The molecule has 2 aliphatic rings. The van der Waals surface area contributed by atoms with Crippen molar-refractivity contribution in [3.8, 4) is 0 Å². The minimum Gasteiger partial charge on any atom is -0.468 e. The maximum atomic E-state index is 13.6. The molecule has 1 aromatic rings. The summed E-state index contributed by atoms with van der Waals surface area (Å²) in [6.07, 6.45) is 0.205. The van der Waals surface area contributed by atoms with Gasteiger partial charge in [0, 0.05) is 42.7 Å². The third-order valence-electron chi connectivity index (χ3n) is 6.05. The SMILES string of the molecule is COC(=O)[C@H]1C(=O)C2=C(C[C@@H]1C)NC(C)=C(C(=O)OC(C)C)[C@H]2c1ccc(N(C)C)cc1. The van der Waals surface area contributed by atoms with Gasteiger partial charge in [0.05, 0.1) is 18.8 Å². The zero-order valence-corrected chi connectivity index (χ0v) is 19.8. The van der Waals surface area contributed by atoms with E-state index in [1.54, 1.807) is 13.8 Å². The number of methoxy groups -OCH3 is 1. The fraction of sp³-hybridized carbons (Fsp3) is 0.480. The van der Waals surface area contributed by atoms with Gasteiger partial charge in [0.2, 0.25) is 0 Å². The Bertz CT molecular complexity index is 988. The van der Waals surface area contributed by atoms with Crippen molar-refractivity contribution >= 4 is 23.4 Å². The van der Waals surface area contributed by atoms with Crippen LogP contribution in [0, 0.1) is 11.8 Å². The van der Waals surface area contributed by atoms with Crippen LogP contribution in [0.4, 0.5) is 5.69 Å². The molecule has 0 radical (unpaired) electrons. The molecule has 172 valence electrons. The van der Waals surface area contributed by atoms with Gasteiger partial charge < -0.3 is 19.7 Å². The van der Waals surface area contributed by atoms with Gasteiger partial charge in [-0.2, -0.15) is 0 Å². The molecular weight excluding hydrogens is 408 g/mol. The summed E-state index contributed by atoms with van der Waals surface area (Å²) in [7, 11) is 5.18. The molecule has 3 rings (SSSR count). The van der Waals surface area contributed by atoms with Gasteiger partial charge in [-0.05, 0) is 50.8 Å². The third-order valence-corrected chi connectivity index (χ3v) is 6.05. The van der Waals surface area contributed by atoms with Crippen LogP contribution in [-0.4, -0.2) is 45.0 Å². The molecule has 0 saturated carbocycles. The maximum Gasteiger partial charge on any atom is 0.337 e. The molecule has 1 heterocycles. The molecule has 0 bridgehead atoms. The lowest BCUT2D eigenvalue weighted by Crippen LogP contribution is -2.43. The van der Waals surface area contributed by atoms with Crippen LogP contribution < -0.4 is 10.2 Å².